The number of ether oxygens (including phenoxy) is 2. The molecular weight excluding hydrogens is 242 g/mol. The van der Waals surface area contributed by atoms with Gasteiger partial charge in [-0.2, -0.15) is 0 Å². The lowest BCUT2D eigenvalue weighted by Crippen LogP contribution is -2.47. The molecule has 0 bridgehead atoms. The largest absolute Gasteiger partial charge is 0.469 e. The second-order valence-corrected chi connectivity index (χ2v) is 4.47. The zero-order valence-corrected chi connectivity index (χ0v) is 10.0. The molecule has 98 valence electrons. The predicted molar refractivity (Wildman–Crippen MR) is 60.1 cm³/mol. The summed E-state index contributed by atoms with van der Waals surface area (Å²) in [4.78, 5) is 11.2. The Morgan fingerprint density at radius 3 is 2.67 bits per heavy atom. The molecule has 1 aromatic carbocycles. The molecule has 1 aromatic rings. The molecule has 18 heavy (non-hydrogen) atoms. The normalized spacial score (nSPS) is 17.1. The van der Waals surface area contributed by atoms with Crippen LogP contribution in [0.1, 0.15) is 18.4 Å². The number of carbonyl (C=O) groups excluding carboxylic acids is 1. The molecule has 0 radical (unpaired) electrons. The van der Waals surface area contributed by atoms with Gasteiger partial charge in [-0.3, -0.25) is 4.79 Å². The Bertz CT molecular complexity index is 456. The molecule has 1 heterocycles. The molecule has 1 fully saturated rings. The van der Waals surface area contributed by atoms with Crippen LogP contribution in [-0.2, 0) is 19.7 Å². The van der Waals surface area contributed by atoms with E-state index in [-0.39, 0.29) is 12.4 Å². The van der Waals surface area contributed by atoms with E-state index >= 15 is 0 Å². The van der Waals surface area contributed by atoms with Crippen LogP contribution in [0.3, 0.4) is 0 Å². The van der Waals surface area contributed by atoms with Crippen molar-refractivity contribution in [1.29, 1.82) is 0 Å². The van der Waals surface area contributed by atoms with Gasteiger partial charge in [0.1, 0.15) is 11.6 Å². The van der Waals surface area contributed by atoms with Crippen LogP contribution in [0.5, 0.6) is 0 Å². The Hall–Kier alpha value is -1.49. The van der Waals surface area contributed by atoms with Crippen molar-refractivity contribution in [3.63, 3.8) is 0 Å². The van der Waals surface area contributed by atoms with Gasteiger partial charge in [0.15, 0.2) is 0 Å². The molecule has 0 amide bonds. The summed E-state index contributed by atoms with van der Waals surface area (Å²) in [5.74, 6) is -1.55. The van der Waals surface area contributed by atoms with E-state index in [1.54, 1.807) is 0 Å². The maximum absolute atomic E-state index is 13.8. The summed E-state index contributed by atoms with van der Waals surface area (Å²) < 4.78 is 36.3. The highest BCUT2D eigenvalue weighted by atomic mass is 19.1. The Morgan fingerprint density at radius 1 is 1.44 bits per heavy atom. The summed E-state index contributed by atoms with van der Waals surface area (Å²) in [5, 5.41) is 0. The number of esters is 1. The lowest BCUT2D eigenvalue weighted by atomic mass is 9.74. The van der Waals surface area contributed by atoms with Crippen molar-refractivity contribution in [2.24, 2.45) is 0 Å². The zero-order valence-electron chi connectivity index (χ0n) is 10.0. The van der Waals surface area contributed by atoms with Crippen molar-refractivity contribution in [2.75, 3.05) is 20.3 Å². The van der Waals surface area contributed by atoms with Gasteiger partial charge in [0.2, 0.25) is 0 Å². The molecule has 3 nitrogen and oxygen atoms in total. The van der Waals surface area contributed by atoms with E-state index < -0.39 is 17.0 Å². The van der Waals surface area contributed by atoms with E-state index in [4.69, 9.17) is 4.74 Å². The molecule has 5 heteroatoms. The first kappa shape index (κ1) is 13.0. The van der Waals surface area contributed by atoms with E-state index in [0.29, 0.717) is 25.2 Å². The first-order valence-corrected chi connectivity index (χ1v) is 5.67. The standard InChI is InChI=1S/C13H14F2O3/c1-17-12(16)4-5-13(7-18-8-13)10-3-2-9(14)6-11(10)15/h2-3,6H,4-5,7-8H2,1H3. The smallest absolute Gasteiger partial charge is 0.305 e. The van der Waals surface area contributed by atoms with Crippen LogP contribution in [0.4, 0.5) is 8.78 Å². The second kappa shape index (κ2) is 5.02. The molecule has 0 atom stereocenters. The van der Waals surface area contributed by atoms with Gasteiger partial charge in [0.25, 0.3) is 0 Å². The lowest BCUT2D eigenvalue weighted by molar-refractivity contribution is -0.142. The van der Waals surface area contributed by atoms with Crippen molar-refractivity contribution < 1.29 is 23.0 Å². The Kier molecular flexibility index (Phi) is 3.61. The summed E-state index contributed by atoms with van der Waals surface area (Å²) in [6, 6.07) is 3.49. The van der Waals surface area contributed by atoms with Crippen LogP contribution in [0.15, 0.2) is 18.2 Å². The van der Waals surface area contributed by atoms with E-state index in [9.17, 15) is 13.6 Å². The van der Waals surface area contributed by atoms with E-state index in [0.717, 1.165) is 6.07 Å². The van der Waals surface area contributed by atoms with Gasteiger partial charge >= 0.3 is 5.97 Å². The summed E-state index contributed by atoms with van der Waals surface area (Å²) in [6.45, 7) is 0.680. The minimum Gasteiger partial charge on any atom is -0.469 e. The second-order valence-electron chi connectivity index (χ2n) is 4.47. The fraction of sp³-hybridized carbons (Fsp3) is 0.462. The van der Waals surface area contributed by atoms with Crippen LogP contribution in [0.25, 0.3) is 0 Å². The van der Waals surface area contributed by atoms with Gasteiger partial charge in [0, 0.05) is 17.9 Å². The molecule has 1 aliphatic heterocycles. The molecule has 0 N–H and O–H groups in total. The van der Waals surface area contributed by atoms with Gasteiger partial charge in [0.05, 0.1) is 20.3 Å². The average molecular weight is 256 g/mol. The molecule has 1 saturated heterocycles. The van der Waals surface area contributed by atoms with Crippen molar-refractivity contribution in [2.45, 2.75) is 18.3 Å². The number of benzene rings is 1. The fourth-order valence-electron chi connectivity index (χ4n) is 2.15. The molecular formula is C13H14F2O3. The molecule has 1 aliphatic rings. The van der Waals surface area contributed by atoms with Gasteiger partial charge in [-0.1, -0.05) is 6.07 Å². The van der Waals surface area contributed by atoms with Crippen LogP contribution >= 0.6 is 0 Å². The molecule has 0 unspecified atom stereocenters. The molecule has 2 rings (SSSR count). The maximum atomic E-state index is 13.8. The Balaban J connectivity index is 2.18. The molecule has 0 spiro atoms. The number of carbonyl (C=O) groups is 1. The van der Waals surface area contributed by atoms with Crippen molar-refractivity contribution in [1.82, 2.24) is 0 Å². The van der Waals surface area contributed by atoms with Gasteiger partial charge in [-0.05, 0) is 18.1 Å². The lowest BCUT2D eigenvalue weighted by Gasteiger charge is -2.42. The van der Waals surface area contributed by atoms with Crippen LogP contribution in [-0.4, -0.2) is 26.3 Å². The third-order valence-corrected chi connectivity index (χ3v) is 3.29. The highest BCUT2D eigenvalue weighted by Crippen LogP contribution is 2.38. The third-order valence-electron chi connectivity index (χ3n) is 3.29. The SMILES string of the molecule is COC(=O)CCC1(c2ccc(F)cc2F)COC1. The van der Waals surface area contributed by atoms with Crippen molar-refractivity contribution >= 4 is 5.97 Å². The van der Waals surface area contributed by atoms with Crippen LogP contribution < -0.4 is 0 Å². The van der Waals surface area contributed by atoms with Gasteiger partial charge in [-0.25, -0.2) is 8.78 Å². The Labute approximate surface area is 104 Å². The summed E-state index contributed by atoms with van der Waals surface area (Å²) in [5.41, 5.74) is -0.134. The van der Waals surface area contributed by atoms with Crippen LogP contribution in [0, 0.1) is 11.6 Å². The van der Waals surface area contributed by atoms with E-state index in [1.165, 1.54) is 19.2 Å². The molecule has 0 aromatic heterocycles. The molecule has 0 aliphatic carbocycles. The maximum Gasteiger partial charge on any atom is 0.305 e. The first-order chi connectivity index (χ1) is 8.57. The Morgan fingerprint density at radius 2 is 2.17 bits per heavy atom. The van der Waals surface area contributed by atoms with E-state index in [2.05, 4.69) is 4.74 Å². The number of hydrogen-bond acceptors (Lipinski definition) is 3. The minimum atomic E-state index is -0.611. The fourth-order valence-corrected chi connectivity index (χ4v) is 2.15. The first-order valence-electron chi connectivity index (χ1n) is 5.67. The zero-order chi connectivity index (χ0) is 13.2. The number of methoxy groups -OCH3 is 1. The van der Waals surface area contributed by atoms with Crippen molar-refractivity contribution in [3.05, 3.63) is 35.4 Å². The number of halogens is 2. The molecule has 0 saturated carbocycles. The van der Waals surface area contributed by atoms with Gasteiger partial charge in [-0.15, -0.1) is 0 Å². The quantitative estimate of drug-likeness (QED) is 0.775. The average Bonchev–Trinajstić information content (AvgIpc) is 2.29. The van der Waals surface area contributed by atoms with Crippen LogP contribution in [0.2, 0.25) is 0 Å². The third kappa shape index (κ3) is 2.36. The highest BCUT2D eigenvalue weighted by Gasteiger charge is 2.42. The highest BCUT2D eigenvalue weighted by molar-refractivity contribution is 5.69. The number of hydrogen-bond donors (Lipinski definition) is 0. The van der Waals surface area contributed by atoms with E-state index in [1.807, 2.05) is 0 Å². The van der Waals surface area contributed by atoms with Gasteiger partial charge < -0.3 is 9.47 Å². The monoisotopic (exact) mass is 256 g/mol. The topological polar surface area (TPSA) is 35.5 Å². The van der Waals surface area contributed by atoms with Crippen molar-refractivity contribution in [3.8, 4) is 0 Å². The summed E-state index contributed by atoms with van der Waals surface area (Å²) in [6.07, 6.45) is 0.624. The number of rotatable bonds is 4. The summed E-state index contributed by atoms with van der Waals surface area (Å²) >= 11 is 0. The minimum absolute atomic E-state index is 0.191. The summed E-state index contributed by atoms with van der Waals surface area (Å²) in [7, 11) is 1.31. The predicted octanol–water partition coefficient (Wildman–Crippen LogP) is 2.19.